The van der Waals surface area contributed by atoms with Gasteiger partial charge >= 0.3 is 30.1 Å². The molecule has 0 bridgehead atoms. The van der Waals surface area contributed by atoms with Gasteiger partial charge in [-0.15, -0.1) is 6.58 Å². The summed E-state index contributed by atoms with van der Waals surface area (Å²) in [6, 6.07) is 0. The van der Waals surface area contributed by atoms with Crippen LogP contribution in [0.4, 0.5) is 26.3 Å². The van der Waals surface area contributed by atoms with Crippen LogP contribution in [0.25, 0.3) is 0 Å². The predicted molar refractivity (Wildman–Crippen MR) is 74.8 cm³/mol. The fourth-order valence-corrected chi connectivity index (χ4v) is 1.23. The van der Waals surface area contributed by atoms with E-state index in [0.29, 0.717) is 0 Å². The first-order valence-corrected chi connectivity index (χ1v) is 7.04. The molecule has 0 aromatic heterocycles. The molecule has 1 N–H and O–H groups in total. The molecule has 0 fully saturated rings. The van der Waals surface area contributed by atoms with Crippen LogP contribution in [0.15, 0.2) is 12.7 Å². The molecule has 0 saturated carbocycles. The maximum atomic E-state index is 12.4. The van der Waals surface area contributed by atoms with E-state index in [1.807, 2.05) is 0 Å². The molecular formula is C14H18F6O6. The van der Waals surface area contributed by atoms with Gasteiger partial charge in [0, 0.05) is 0 Å². The Balaban J connectivity index is 0. The molecular weight excluding hydrogens is 378 g/mol. The molecule has 0 rings (SSSR count). The second-order valence-corrected chi connectivity index (χ2v) is 4.45. The molecule has 0 aromatic rings. The monoisotopic (exact) mass is 396 g/mol. The third kappa shape index (κ3) is 8.32. The molecule has 0 radical (unpaired) electrons. The minimum Gasteiger partial charge on any atom is -0.464 e. The van der Waals surface area contributed by atoms with E-state index in [2.05, 4.69) is 16.1 Å². The number of esters is 2. The van der Waals surface area contributed by atoms with Crippen molar-refractivity contribution in [3.8, 4) is 0 Å². The van der Waals surface area contributed by atoms with Crippen LogP contribution in [-0.4, -0.2) is 54.0 Å². The van der Waals surface area contributed by atoms with Crippen molar-refractivity contribution in [2.45, 2.75) is 44.6 Å². The van der Waals surface area contributed by atoms with Crippen molar-refractivity contribution in [1.82, 2.24) is 0 Å². The Bertz CT molecular complexity index is 499. The standard InChI is InChI=1S/C9H13F3O3.C5H5F3O3/c1-3-5-6-8(14,9(10,11)12)7(13)15-4-2;1-2-11-4(10)3(9)5(6,7)8/h3,14H,1,4-6H2,2H3;2H2,1H3. The topological polar surface area (TPSA) is 89.9 Å². The minimum atomic E-state index is -5.13. The van der Waals surface area contributed by atoms with Gasteiger partial charge in [0.1, 0.15) is 0 Å². The van der Waals surface area contributed by atoms with E-state index in [9.17, 15) is 45.8 Å². The molecule has 6 nitrogen and oxygen atoms in total. The summed E-state index contributed by atoms with van der Waals surface area (Å²) in [6.45, 7) is 5.42. The quantitative estimate of drug-likeness (QED) is 0.308. The zero-order chi connectivity index (χ0) is 21.2. The lowest BCUT2D eigenvalue weighted by Gasteiger charge is -2.27. The van der Waals surface area contributed by atoms with Gasteiger partial charge in [-0.1, -0.05) is 6.08 Å². The third-order valence-corrected chi connectivity index (χ3v) is 2.51. The van der Waals surface area contributed by atoms with E-state index in [0.717, 1.165) is 0 Å². The van der Waals surface area contributed by atoms with Gasteiger partial charge in [0.25, 0.3) is 5.60 Å². The Morgan fingerprint density at radius 2 is 1.46 bits per heavy atom. The van der Waals surface area contributed by atoms with Crippen LogP contribution < -0.4 is 0 Å². The van der Waals surface area contributed by atoms with Gasteiger partial charge in [0.15, 0.2) is 0 Å². The first-order valence-electron chi connectivity index (χ1n) is 7.04. The van der Waals surface area contributed by atoms with Gasteiger partial charge in [0.05, 0.1) is 13.2 Å². The van der Waals surface area contributed by atoms with Crippen molar-refractivity contribution in [2.75, 3.05) is 13.2 Å². The normalized spacial score (nSPS) is 13.6. The molecule has 0 spiro atoms. The largest absolute Gasteiger partial charge is 0.464 e. The number of aliphatic hydroxyl groups is 1. The molecule has 0 aliphatic carbocycles. The molecule has 0 aliphatic heterocycles. The molecule has 1 atom stereocenters. The summed E-state index contributed by atoms with van der Waals surface area (Å²) in [5, 5.41) is 9.23. The number of carbonyl (C=O) groups excluding carboxylic acids is 3. The zero-order valence-electron chi connectivity index (χ0n) is 13.9. The van der Waals surface area contributed by atoms with E-state index in [4.69, 9.17) is 0 Å². The van der Waals surface area contributed by atoms with Crippen LogP contribution in [0, 0.1) is 0 Å². The smallest absolute Gasteiger partial charge is 0.461 e. The van der Waals surface area contributed by atoms with Gasteiger partial charge in [-0.2, -0.15) is 26.3 Å². The van der Waals surface area contributed by atoms with Crippen LogP contribution in [0.5, 0.6) is 0 Å². The summed E-state index contributed by atoms with van der Waals surface area (Å²) in [7, 11) is 0. The summed E-state index contributed by atoms with van der Waals surface area (Å²) in [5.41, 5.74) is -3.43. The fourth-order valence-electron chi connectivity index (χ4n) is 1.23. The summed E-state index contributed by atoms with van der Waals surface area (Å²) in [6.07, 6.45) is -9.89. The first-order chi connectivity index (χ1) is 11.7. The molecule has 1 unspecified atom stereocenters. The molecule has 0 aliphatic rings. The van der Waals surface area contributed by atoms with Crippen LogP contribution in [-0.2, 0) is 23.9 Å². The van der Waals surface area contributed by atoms with Crippen LogP contribution in [0.3, 0.4) is 0 Å². The fraction of sp³-hybridized carbons (Fsp3) is 0.643. The molecule has 12 heteroatoms. The van der Waals surface area contributed by atoms with Gasteiger partial charge in [-0.3, -0.25) is 4.79 Å². The van der Waals surface area contributed by atoms with Crippen molar-refractivity contribution < 1.29 is 55.3 Å². The number of hydrogen-bond donors (Lipinski definition) is 1. The molecule has 0 aromatic carbocycles. The third-order valence-electron chi connectivity index (χ3n) is 2.51. The summed E-state index contributed by atoms with van der Waals surface area (Å²) < 4.78 is 79.4. The number of ketones is 1. The Hall–Kier alpha value is -2.11. The highest BCUT2D eigenvalue weighted by Crippen LogP contribution is 2.35. The second kappa shape index (κ2) is 10.8. The molecule has 0 heterocycles. The Labute approximate surface area is 144 Å². The van der Waals surface area contributed by atoms with Crippen molar-refractivity contribution in [1.29, 1.82) is 0 Å². The van der Waals surface area contributed by atoms with Gasteiger partial charge < -0.3 is 14.6 Å². The minimum absolute atomic E-state index is 0.130. The van der Waals surface area contributed by atoms with Gasteiger partial charge in [-0.25, -0.2) is 9.59 Å². The van der Waals surface area contributed by atoms with Crippen LogP contribution in [0.1, 0.15) is 26.7 Å². The highest BCUT2D eigenvalue weighted by atomic mass is 19.4. The number of rotatable bonds is 7. The molecule has 0 amide bonds. The Kier molecular flexibility index (Phi) is 10.8. The van der Waals surface area contributed by atoms with Crippen LogP contribution in [0.2, 0.25) is 0 Å². The number of ether oxygens (including phenoxy) is 2. The predicted octanol–water partition coefficient (Wildman–Crippen LogP) is 2.49. The number of carbonyl (C=O) groups is 3. The maximum Gasteiger partial charge on any atom is 0.461 e. The number of allylic oxidation sites excluding steroid dienone is 1. The van der Waals surface area contributed by atoms with Crippen molar-refractivity contribution in [3.05, 3.63) is 12.7 Å². The number of halogens is 6. The lowest BCUT2D eigenvalue weighted by Crippen LogP contribution is -2.52. The lowest BCUT2D eigenvalue weighted by atomic mass is 9.97. The molecule has 26 heavy (non-hydrogen) atoms. The summed E-state index contributed by atoms with van der Waals surface area (Å²) >= 11 is 0. The first kappa shape index (κ1) is 26.1. The molecule has 0 saturated heterocycles. The number of hydrogen-bond acceptors (Lipinski definition) is 6. The zero-order valence-corrected chi connectivity index (χ0v) is 13.9. The van der Waals surface area contributed by atoms with Crippen molar-refractivity contribution in [2.24, 2.45) is 0 Å². The lowest BCUT2D eigenvalue weighted by molar-refractivity contribution is -0.264. The second-order valence-electron chi connectivity index (χ2n) is 4.45. The van der Waals surface area contributed by atoms with Gasteiger partial charge in [0.2, 0.25) is 0 Å². The van der Waals surface area contributed by atoms with E-state index in [-0.39, 0.29) is 19.6 Å². The van der Waals surface area contributed by atoms with E-state index in [1.165, 1.54) is 19.9 Å². The van der Waals surface area contributed by atoms with E-state index < -0.39 is 42.1 Å². The summed E-state index contributed by atoms with van der Waals surface area (Å²) in [5.74, 6) is -6.00. The average molecular weight is 396 g/mol. The van der Waals surface area contributed by atoms with Crippen molar-refractivity contribution >= 4 is 17.7 Å². The SMILES string of the molecule is C=CCCC(O)(C(=O)OCC)C(F)(F)F.CCOC(=O)C(=O)C(F)(F)F. The number of alkyl halides is 6. The van der Waals surface area contributed by atoms with E-state index >= 15 is 0 Å². The van der Waals surface area contributed by atoms with Gasteiger partial charge in [-0.05, 0) is 26.7 Å². The average Bonchev–Trinajstić information content (AvgIpc) is 2.50. The Morgan fingerprint density at radius 1 is 1.00 bits per heavy atom. The highest BCUT2D eigenvalue weighted by Gasteiger charge is 2.60. The number of Topliss-reactive ketones (excluding diaryl/α,β-unsaturated/α-hetero) is 1. The Morgan fingerprint density at radius 3 is 1.77 bits per heavy atom. The maximum absolute atomic E-state index is 12.4. The van der Waals surface area contributed by atoms with E-state index in [1.54, 1.807) is 0 Å². The highest BCUT2D eigenvalue weighted by molar-refractivity contribution is 6.35. The summed E-state index contributed by atoms with van der Waals surface area (Å²) in [4.78, 5) is 31.0. The van der Waals surface area contributed by atoms with Crippen molar-refractivity contribution in [3.63, 3.8) is 0 Å². The van der Waals surface area contributed by atoms with Crippen LogP contribution >= 0.6 is 0 Å². The molecule has 152 valence electrons.